The summed E-state index contributed by atoms with van der Waals surface area (Å²) in [7, 11) is 0. The average molecular weight is 425 g/mol. The highest BCUT2D eigenvalue weighted by Gasteiger charge is 2.39. The molecule has 1 aliphatic rings. The second-order valence-electron chi connectivity index (χ2n) is 8.85. The molecule has 1 saturated carbocycles. The maximum Gasteiger partial charge on any atom is 0.416 e. The quantitative estimate of drug-likeness (QED) is 0.771. The van der Waals surface area contributed by atoms with Crippen molar-refractivity contribution >= 4 is 16.7 Å². The van der Waals surface area contributed by atoms with Crippen molar-refractivity contribution in [2.24, 2.45) is 5.92 Å². The van der Waals surface area contributed by atoms with Gasteiger partial charge in [0, 0.05) is 11.4 Å². The predicted octanol–water partition coefficient (Wildman–Crippen LogP) is 3.20. The number of hydrogen-bond acceptors (Lipinski definition) is 4. The summed E-state index contributed by atoms with van der Waals surface area (Å²) in [6.45, 7) is 6.67. The van der Waals surface area contributed by atoms with Crippen molar-refractivity contribution in [1.29, 1.82) is 0 Å². The number of hydrogen-bond donors (Lipinski definition) is 2. The Labute approximate surface area is 172 Å². The predicted molar refractivity (Wildman–Crippen MR) is 106 cm³/mol. The van der Waals surface area contributed by atoms with Gasteiger partial charge in [-0.2, -0.15) is 18.3 Å². The summed E-state index contributed by atoms with van der Waals surface area (Å²) >= 11 is 0. The number of halogens is 3. The molecule has 3 rings (SSSR count). The van der Waals surface area contributed by atoms with E-state index in [2.05, 4.69) is 10.4 Å². The Bertz CT molecular complexity index is 1020. The molecular weight excluding hydrogens is 399 g/mol. The van der Waals surface area contributed by atoms with E-state index in [1.165, 1.54) is 0 Å². The molecule has 2 N–H and O–H groups in total. The van der Waals surface area contributed by atoms with E-state index in [4.69, 9.17) is 0 Å². The van der Waals surface area contributed by atoms with Crippen LogP contribution in [0.2, 0.25) is 0 Å². The van der Waals surface area contributed by atoms with Crippen LogP contribution in [0.1, 0.15) is 57.7 Å². The number of nitrogens with one attached hydrogen (secondary N) is 1. The summed E-state index contributed by atoms with van der Waals surface area (Å²) in [5, 5.41) is 17.2. The van der Waals surface area contributed by atoms with Crippen molar-refractivity contribution in [2.45, 2.75) is 70.8 Å². The third-order valence-corrected chi connectivity index (χ3v) is 5.66. The molecule has 1 aromatic carbocycles. The summed E-state index contributed by atoms with van der Waals surface area (Å²) < 4.78 is 40.3. The fraction of sp³-hybridized carbons (Fsp3) is 0.571. The number of amides is 1. The van der Waals surface area contributed by atoms with Crippen LogP contribution in [0.4, 0.5) is 13.2 Å². The average Bonchev–Trinajstić information content (AvgIpc) is 2.57. The first-order chi connectivity index (χ1) is 13.8. The third kappa shape index (κ3) is 4.50. The highest BCUT2D eigenvalue weighted by atomic mass is 19.4. The normalized spacial score (nSPS) is 19.8. The number of rotatable bonds is 5. The number of alkyl halides is 3. The van der Waals surface area contributed by atoms with E-state index in [1.807, 2.05) is 0 Å². The second kappa shape index (κ2) is 7.68. The van der Waals surface area contributed by atoms with Gasteiger partial charge in [0.25, 0.3) is 5.56 Å². The van der Waals surface area contributed by atoms with Crippen LogP contribution in [0, 0.1) is 5.92 Å². The number of aromatic nitrogens is 2. The molecule has 1 fully saturated rings. The van der Waals surface area contributed by atoms with Crippen LogP contribution in [0.5, 0.6) is 0 Å². The van der Waals surface area contributed by atoms with E-state index < -0.39 is 28.8 Å². The van der Waals surface area contributed by atoms with Gasteiger partial charge < -0.3 is 10.4 Å². The van der Waals surface area contributed by atoms with Crippen LogP contribution in [0.3, 0.4) is 0 Å². The highest BCUT2D eigenvalue weighted by molar-refractivity contribution is 5.85. The summed E-state index contributed by atoms with van der Waals surface area (Å²) in [5.41, 5.74) is -1.94. The molecule has 164 valence electrons. The molecule has 6 nitrogen and oxygen atoms in total. The van der Waals surface area contributed by atoms with Crippen molar-refractivity contribution in [2.75, 3.05) is 0 Å². The number of benzene rings is 1. The van der Waals surface area contributed by atoms with E-state index in [-0.39, 0.29) is 35.2 Å². The Morgan fingerprint density at radius 1 is 1.27 bits per heavy atom. The number of carbonyl (C=O) groups excluding carboxylic acids is 1. The Hall–Kier alpha value is -2.42. The minimum absolute atomic E-state index is 0.0796. The molecule has 0 radical (unpaired) electrons. The summed E-state index contributed by atoms with van der Waals surface area (Å²) in [5.74, 6) is -0.547. The fourth-order valence-corrected chi connectivity index (χ4v) is 3.74. The monoisotopic (exact) mass is 425 g/mol. The first kappa shape index (κ1) is 22.3. The number of carbonyl (C=O) groups is 1. The van der Waals surface area contributed by atoms with Gasteiger partial charge in [-0.05, 0) is 56.7 Å². The van der Waals surface area contributed by atoms with E-state index >= 15 is 0 Å². The SMILES string of the molecule is CC(C)c1nn(CC(=O)N[C@H]2C[C@@H](C(C)(C)O)C2)c(=O)c2ccc(C(F)(F)F)cc12. The van der Waals surface area contributed by atoms with Gasteiger partial charge in [0.1, 0.15) is 6.54 Å². The van der Waals surface area contributed by atoms with Gasteiger partial charge in [-0.1, -0.05) is 13.8 Å². The molecule has 1 heterocycles. The van der Waals surface area contributed by atoms with Crippen LogP contribution >= 0.6 is 0 Å². The topological polar surface area (TPSA) is 84.2 Å². The Kier molecular flexibility index (Phi) is 5.70. The summed E-state index contributed by atoms with van der Waals surface area (Å²) in [6.07, 6.45) is -3.24. The van der Waals surface area contributed by atoms with Crippen molar-refractivity contribution in [3.63, 3.8) is 0 Å². The van der Waals surface area contributed by atoms with E-state index in [1.54, 1.807) is 27.7 Å². The van der Waals surface area contributed by atoms with Gasteiger partial charge >= 0.3 is 6.18 Å². The first-order valence-corrected chi connectivity index (χ1v) is 9.91. The smallest absolute Gasteiger partial charge is 0.390 e. The first-order valence-electron chi connectivity index (χ1n) is 9.91. The van der Waals surface area contributed by atoms with Crippen LogP contribution in [0.15, 0.2) is 23.0 Å². The number of nitrogens with zero attached hydrogens (tertiary/aromatic N) is 2. The van der Waals surface area contributed by atoms with Crippen LogP contribution in [-0.4, -0.2) is 32.4 Å². The minimum Gasteiger partial charge on any atom is -0.390 e. The van der Waals surface area contributed by atoms with Crippen LogP contribution in [0.25, 0.3) is 10.8 Å². The Morgan fingerprint density at radius 3 is 2.43 bits per heavy atom. The standard InChI is InChI=1S/C21H26F3N3O3/c1-11(2)18-16-9-12(21(22,23)24)5-6-15(16)19(29)27(26-18)10-17(28)25-14-7-13(8-14)20(3,4)30/h5-6,9,11,13-14,30H,7-8,10H2,1-4H3,(H,25,28)/t13-,14+. The molecule has 0 aliphatic heterocycles. The second-order valence-corrected chi connectivity index (χ2v) is 8.85. The Morgan fingerprint density at radius 2 is 1.90 bits per heavy atom. The molecule has 0 saturated heterocycles. The van der Waals surface area contributed by atoms with Crippen LogP contribution in [-0.2, 0) is 17.5 Å². The zero-order valence-corrected chi connectivity index (χ0v) is 17.4. The lowest BCUT2D eigenvalue weighted by molar-refractivity contribution is -0.137. The molecule has 1 aromatic heterocycles. The lowest BCUT2D eigenvalue weighted by Crippen LogP contribution is -2.51. The molecule has 1 aliphatic carbocycles. The maximum absolute atomic E-state index is 13.1. The van der Waals surface area contributed by atoms with Crippen LogP contribution < -0.4 is 10.9 Å². The van der Waals surface area contributed by atoms with Gasteiger partial charge in [-0.25, -0.2) is 4.68 Å². The molecule has 0 atom stereocenters. The van der Waals surface area contributed by atoms with Gasteiger partial charge in [0.15, 0.2) is 0 Å². The van der Waals surface area contributed by atoms with Gasteiger partial charge in [0.05, 0.1) is 22.2 Å². The van der Waals surface area contributed by atoms with E-state index in [0.717, 1.165) is 22.9 Å². The summed E-state index contributed by atoms with van der Waals surface area (Å²) in [4.78, 5) is 25.2. The van der Waals surface area contributed by atoms with Crippen molar-refractivity contribution in [1.82, 2.24) is 15.1 Å². The highest BCUT2D eigenvalue weighted by Crippen LogP contribution is 2.36. The van der Waals surface area contributed by atoms with E-state index in [0.29, 0.717) is 18.5 Å². The largest absolute Gasteiger partial charge is 0.416 e. The fourth-order valence-electron chi connectivity index (χ4n) is 3.74. The maximum atomic E-state index is 13.1. The van der Waals surface area contributed by atoms with Crippen molar-refractivity contribution < 1.29 is 23.1 Å². The molecule has 1 amide bonds. The number of aliphatic hydroxyl groups is 1. The molecular formula is C21H26F3N3O3. The molecule has 0 unspecified atom stereocenters. The van der Waals surface area contributed by atoms with Crippen molar-refractivity contribution in [3.05, 3.63) is 39.8 Å². The zero-order valence-electron chi connectivity index (χ0n) is 17.4. The van der Waals surface area contributed by atoms with Gasteiger partial charge in [0.2, 0.25) is 5.91 Å². The van der Waals surface area contributed by atoms with Gasteiger partial charge in [-0.3, -0.25) is 9.59 Å². The minimum atomic E-state index is -4.53. The number of fused-ring (bicyclic) bond motifs is 1. The van der Waals surface area contributed by atoms with E-state index in [9.17, 15) is 27.9 Å². The molecule has 0 spiro atoms. The van der Waals surface area contributed by atoms with Crippen molar-refractivity contribution in [3.8, 4) is 0 Å². The third-order valence-electron chi connectivity index (χ3n) is 5.66. The van der Waals surface area contributed by atoms with Gasteiger partial charge in [-0.15, -0.1) is 0 Å². The lowest BCUT2D eigenvalue weighted by Gasteiger charge is -2.42. The molecule has 9 heteroatoms. The molecule has 2 aromatic rings. The Balaban J connectivity index is 1.85. The molecule has 0 bridgehead atoms. The lowest BCUT2D eigenvalue weighted by atomic mass is 9.71. The molecule has 30 heavy (non-hydrogen) atoms. The zero-order chi connectivity index (χ0) is 22.4. The summed E-state index contributed by atoms with van der Waals surface area (Å²) in [6, 6.07) is 2.87.